The van der Waals surface area contributed by atoms with E-state index in [1.807, 2.05) is 25.1 Å². The largest absolute Gasteiger partial charge is 0.497 e. The van der Waals surface area contributed by atoms with Crippen molar-refractivity contribution >= 4 is 31.6 Å². The zero-order valence-electron chi connectivity index (χ0n) is 14.1. The van der Waals surface area contributed by atoms with Crippen LogP contribution in [-0.4, -0.2) is 26.7 Å². The summed E-state index contributed by atoms with van der Waals surface area (Å²) >= 11 is 1.31. The van der Waals surface area contributed by atoms with Crippen molar-refractivity contribution in [3.05, 3.63) is 47.3 Å². The van der Waals surface area contributed by atoms with E-state index in [1.165, 1.54) is 30.6 Å². The summed E-state index contributed by atoms with van der Waals surface area (Å²) in [5.41, 5.74) is 0.832. The third-order valence-electron chi connectivity index (χ3n) is 3.64. The highest BCUT2D eigenvalue weighted by molar-refractivity contribution is 7.90. The third-order valence-corrected chi connectivity index (χ3v) is 6.13. The number of aryl methyl sites for hydroxylation is 1. The number of benzene rings is 2. The smallest absolute Gasteiger partial charge is 0.285 e. The number of methoxy groups -OCH3 is 1. The fraction of sp³-hybridized carbons (Fsp3) is 0.235. The van der Waals surface area contributed by atoms with Crippen LogP contribution in [0.1, 0.15) is 6.92 Å². The number of rotatable bonds is 5. The van der Waals surface area contributed by atoms with E-state index in [1.54, 1.807) is 23.7 Å². The Balaban J connectivity index is 2.14. The molecule has 0 bridgehead atoms. The number of para-hydroxylation sites is 1. The Morgan fingerprint density at radius 3 is 2.52 bits per heavy atom. The zero-order valence-corrected chi connectivity index (χ0v) is 15.7. The number of fused-ring (bicyclic) bond motifs is 1. The van der Waals surface area contributed by atoms with E-state index in [0.717, 1.165) is 10.2 Å². The van der Waals surface area contributed by atoms with Crippen LogP contribution in [-0.2, 0) is 17.1 Å². The number of hydrogen-bond donors (Lipinski definition) is 0. The van der Waals surface area contributed by atoms with E-state index >= 15 is 0 Å². The number of aromatic nitrogens is 1. The third kappa shape index (κ3) is 3.40. The molecule has 0 radical (unpaired) electrons. The Morgan fingerprint density at radius 1 is 1.16 bits per heavy atom. The second kappa shape index (κ2) is 6.89. The van der Waals surface area contributed by atoms with Crippen molar-refractivity contribution in [2.45, 2.75) is 11.8 Å². The average Bonchev–Trinajstić information content (AvgIpc) is 2.91. The highest BCUT2D eigenvalue weighted by atomic mass is 32.2. The Kier molecular flexibility index (Phi) is 4.82. The summed E-state index contributed by atoms with van der Waals surface area (Å²) in [6.07, 6.45) is 0. The minimum Gasteiger partial charge on any atom is -0.497 e. The van der Waals surface area contributed by atoms with Gasteiger partial charge in [0.25, 0.3) is 10.0 Å². The second-order valence-electron chi connectivity index (χ2n) is 5.22. The van der Waals surface area contributed by atoms with Crippen LogP contribution in [0.5, 0.6) is 11.5 Å². The summed E-state index contributed by atoms with van der Waals surface area (Å²) in [6.45, 7) is 2.44. The standard InChI is InChI=1S/C17H18N2O4S2/c1-4-23-14-6-5-7-15-16(14)19(2)17(24-15)18-25(20,21)13-10-8-12(22-3)9-11-13/h5-11H,4H2,1-3H3/b18-17-. The van der Waals surface area contributed by atoms with Crippen LogP contribution < -0.4 is 14.3 Å². The minimum absolute atomic E-state index is 0.121. The van der Waals surface area contributed by atoms with E-state index in [9.17, 15) is 8.42 Å². The molecule has 0 aliphatic rings. The van der Waals surface area contributed by atoms with Crippen molar-refractivity contribution in [1.29, 1.82) is 0 Å². The van der Waals surface area contributed by atoms with E-state index in [4.69, 9.17) is 9.47 Å². The molecule has 0 aliphatic carbocycles. The molecular formula is C17H18N2O4S2. The van der Waals surface area contributed by atoms with Crippen molar-refractivity contribution in [2.24, 2.45) is 11.4 Å². The first-order chi connectivity index (χ1) is 12.0. The summed E-state index contributed by atoms with van der Waals surface area (Å²) in [4.78, 5) is 0.508. The maximum atomic E-state index is 12.6. The Bertz CT molecular complexity index is 1060. The highest BCUT2D eigenvalue weighted by Crippen LogP contribution is 2.27. The lowest BCUT2D eigenvalue weighted by Gasteiger charge is -2.05. The van der Waals surface area contributed by atoms with Crippen LogP contribution in [0.2, 0.25) is 0 Å². The lowest BCUT2D eigenvalue weighted by Crippen LogP contribution is -2.14. The van der Waals surface area contributed by atoms with Gasteiger partial charge in [-0.1, -0.05) is 17.4 Å². The van der Waals surface area contributed by atoms with Gasteiger partial charge in [-0.15, -0.1) is 4.40 Å². The molecule has 0 amide bonds. The van der Waals surface area contributed by atoms with Crippen molar-refractivity contribution in [3.63, 3.8) is 0 Å². The lowest BCUT2D eigenvalue weighted by molar-refractivity contribution is 0.343. The van der Waals surface area contributed by atoms with Gasteiger partial charge in [0, 0.05) is 7.05 Å². The van der Waals surface area contributed by atoms with Crippen molar-refractivity contribution in [2.75, 3.05) is 13.7 Å². The number of thiazole rings is 1. The minimum atomic E-state index is -3.82. The molecule has 8 heteroatoms. The topological polar surface area (TPSA) is 69.9 Å². The molecule has 3 aromatic rings. The van der Waals surface area contributed by atoms with Crippen LogP contribution in [0.4, 0.5) is 0 Å². The quantitative estimate of drug-likeness (QED) is 0.684. The Hall–Kier alpha value is -2.32. The maximum Gasteiger partial charge on any atom is 0.285 e. The monoisotopic (exact) mass is 378 g/mol. The molecule has 0 N–H and O–H groups in total. The van der Waals surface area contributed by atoms with Crippen LogP contribution in [0, 0.1) is 0 Å². The fourth-order valence-corrected chi connectivity index (χ4v) is 4.70. The summed E-state index contributed by atoms with van der Waals surface area (Å²) in [5.74, 6) is 1.30. The molecule has 0 fully saturated rings. The van der Waals surface area contributed by atoms with Crippen LogP contribution in [0.15, 0.2) is 51.8 Å². The van der Waals surface area contributed by atoms with Gasteiger partial charge in [0.2, 0.25) is 4.80 Å². The first-order valence-electron chi connectivity index (χ1n) is 7.62. The van der Waals surface area contributed by atoms with Gasteiger partial charge in [0.1, 0.15) is 17.0 Å². The Morgan fingerprint density at radius 2 is 1.88 bits per heavy atom. The van der Waals surface area contributed by atoms with E-state index < -0.39 is 10.0 Å². The van der Waals surface area contributed by atoms with Gasteiger partial charge in [-0.25, -0.2) is 0 Å². The molecule has 0 atom stereocenters. The van der Waals surface area contributed by atoms with E-state index in [-0.39, 0.29) is 4.90 Å². The van der Waals surface area contributed by atoms with Gasteiger partial charge in [-0.05, 0) is 43.3 Å². The van der Waals surface area contributed by atoms with E-state index in [0.29, 0.717) is 22.9 Å². The SMILES string of the molecule is CCOc1cccc2s/c(=N\S(=O)(=O)c3ccc(OC)cc3)n(C)c12. The number of nitrogens with zero attached hydrogens (tertiary/aromatic N) is 2. The fourth-order valence-electron chi connectivity index (χ4n) is 2.43. The molecule has 1 aromatic heterocycles. The van der Waals surface area contributed by atoms with Gasteiger partial charge in [-0.2, -0.15) is 8.42 Å². The number of hydrogen-bond acceptors (Lipinski definition) is 5. The summed E-state index contributed by atoms with van der Waals surface area (Å²) in [7, 11) is -0.505. The predicted octanol–water partition coefficient (Wildman–Crippen LogP) is 2.94. The molecule has 6 nitrogen and oxygen atoms in total. The van der Waals surface area contributed by atoms with Crippen LogP contribution in [0.25, 0.3) is 10.2 Å². The number of sulfonamides is 1. The molecule has 2 aromatic carbocycles. The first-order valence-corrected chi connectivity index (χ1v) is 9.88. The van der Waals surface area contributed by atoms with Crippen molar-refractivity contribution < 1.29 is 17.9 Å². The molecule has 0 saturated carbocycles. The molecule has 0 spiro atoms. The molecular weight excluding hydrogens is 360 g/mol. The zero-order chi connectivity index (χ0) is 18.0. The van der Waals surface area contributed by atoms with Gasteiger partial charge in [-0.3, -0.25) is 0 Å². The van der Waals surface area contributed by atoms with Gasteiger partial charge in [0.15, 0.2) is 0 Å². The normalized spacial score (nSPS) is 12.5. The molecule has 0 unspecified atom stereocenters. The van der Waals surface area contributed by atoms with Crippen molar-refractivity contribution in [3.8, 4) is 11.5 Å². The maximum absolute atomic E-state index is 12.6. The second-order valence-corrected chi connectivity index (χ2v) is 7.83. The van der Waals surface area contributed by atoms with Crippen molar-refractivity contribution in [1.82, 2.24) is 4.57 Å². The van der Waals surface area contributed by atoms with Gasteiger partial charge >= 0.3 is 0 Å². The average molecular weight is 378 g/mol. The van der Waals surface area contributed by atoms with Gasteiger partial charge < -0.3 is 14.0 Å². The molecule has 3 rings (SSSR count). The summed E-state index contributed by atoms with van der Waals surface area (Å²) in [5, 5.41) is 0. The molecule has 1 heterocycles. The van der Waals surface area contributed by atoms with E-state index in [2.05, 4.69) is 4.40 Å². The molecule has 0 saturated heterocycles. The molecule has 132 valence electrons. The molecule has 25 heavy (non-hydrogen) atoms. The predicted molar refractivity (Wildman–Crippen MR) is 97.7 cm³/mol. The highest BCUT2D eigenvalue weighted by Gasteiger charge is 2.15. The van der Waals surface area contributed by atoms with Crippen LogP contribution >= 0.6 is 11.3 Å². The first kappa shape index (κ1) is 17.5. The summed E-state index contributed by atoms with van der Waals surface area (Å²) in [6, 6.07) is 11.8. The lowest BCUT2D eigenvalue weighted by atomic mass is 10.3. The van der Waals surface area contributed by atoms with Crippen LogP contribution in [0.3, 0.4) is 0 Å². The number of ether oxygens (including phenoxy) is 2. The molecule has 0 aliphatic heterocycles. The Labute approximate surface area is 150 Å². The van der Waals surface area contributed by atoms with Gasteiger partial charge in [0.05, 0.1) is 23.3 Å². The summed E-state index contributed by atoms with van der Waals surface area (Å²) < 4.78 is 42.5.